The molecule has 58 valence electrons. The number of hydrogen-bond donors (Lipinski definition) is 0. The molecule has 0 fully saturated rings. The number of nitriles is 1. The molecule has 2 nitrogen and oxygen atoms in total. The second-order valence-corrected chi connectivity index (χ2v) is 3.62. The Bertz CT molecular complexity index is 295. The van der Waals surface area contributed by atoms with Gasteiger partial charge in [-0.1, -0.05) is 0 Å². The van der Waals surface area contributed by atoms with Crippen molar-refractivity contribution in [2.75, 3.05) is 0 Å². The van der Waals surface area contributed by atoms with Crippen LogP contribution in [0.3, 0.4) is 0 Å². The van der Waals surface area contributed by atoms with Gasteiger partial charge in [-0.15, -0.1) is 0 Å². The molecule has 3 heteroatoms. The van der Waals surface area contributed by atoms with Gasteiger partial charge in [0.25, 0.3) is 0 Å². The Morgan fingerprint density at radius 2 is 2.18 bits per heavy atom. The summed E-state index contributed by atoms with van der Waals surface area (Å²) in [6, 6.07) is 5.74. The summed E-state index contributed by atoms with van der Waals surface area (Å²) in [5.41, 5.74) is -0.536. The lowest BCUT2D eigenvalue weighted by Crippen LogP contribution is -2.11. The highest BCUT2D eigenvalue weighted by Gasteiger charge is 2.23. The van der Waals surface area contributed by atoms with Crippen molar-refractivity contribution >= 4 is 15.9 Å². The van der Waals surface area contributed by atoms with E-state index in [1.54, 1.807) is 12.1 Å². The Balaban J connectivity index is 3.04. The summed E-state index contributed by atoms with van der Waals surface area (Å²) < 4.78 is 5.90. The van der Waals surface area contributed by atoms with E-state index >= 15 is 0 Å². The summed E-state index contributed by atoms with van der Waals surface area (Å²) in [4.78, 5) is 0. The Morgan fingerprint density at radius 1 is 1.55 bits per heavy atom. The zero-order valence-electron chi connectivity index (χ0n) is 6.39. The largest absolute Gasteiger partial charge is 0.453 e. The van der Waals surface area contributed by atoms with Gasteiger partial charge in [-0.2, -0.15) is 5.26 Å². The summed E-state index contributed by atoms with van der Waals surface area (Å²) in [6.07, 6.45) is 0. The molecule has 1 heterocycles. The maximum atomic E-state index is 8.73. The lowest BCUT2D eigenvalue weighted by atomic mass is 9.93. The smallest absolute Gasteiger partial charge is 0.169 e. The first kappa shape index (κ1) is 8.35. The SMILES string of the molecule is CC(C)(C#N)c1ccc(Br)o1. The fourth-order valence-electron chi connectivity index (χ4n) is 0.705. The second kappa shape index (κ2) is 2.71. The van der Waals surface area contributed by atoms with Crippen LogP contribution in [0.2, 0.25) is 0 Å². The van der Waals surface area contributed by atoms with Crippen molar-refractivity contribution in [2.45, 2.75) is 19.3 Å². The van der Waals surface area contributed by atoms with E-state index in [4.69, 9.17) is 9.68 Å². The average Bonchev–Trinajstić information content (AvgIpc) is 2.36. The molecular formula is C8H8BrNO. The van der Waals surface area contributed by atoms with Crippen LogP contribution in [-0.4, -0.2) is 0 Å². The standard InChI is InChI=1S/C8H8BrNO/c1-8(2,5-10)6-3-4-7(9)11-6/h3-4H,1-2H3. The van der Waals surface area contributed by atoms with Crippen molar-refractivity contribution in [2.24, 2.45) is 0 Å². The Kier molecular flexibility index (Phi) is 2.05. The number of furan rings is 1. The molecule has 0 spiro atoms. The van der Waals surface area contributed by atoms with Crippen molar-refractivity contribution in [3.63, 3.8) is 0 Å². The summed E-state index contributed by atoms with van der Waals surface area (Å²) in [5, 5.41) is 8.73. The van der Waals surface area contributed by atoms with E-state index in [9.17, 15) is 0 Å². The predicted molar refractivity (Wildman–Crippen MR) is 45.0 cm³/mol. The van der Waals surface area contributed by atoms with Gasteiger partial charge >= 0.3 is 0 Å². The minimum Gasteiger partial charge on any atom is -0.453 e. The van der Waals surface area contributed by atoms with Gasteiger partial charge in [-0.25, -0.2) is 0 Å². The first-order chi connectivity index (χ1) is 5.06. The van der Waals surface area contributed by atoms with Gasteiger partial charge < -0.3 is 4.42 Å². The molecule has 0 saturated carbocycles. The molecule has 0 bridgehead atoms. The average molecular weight is 214 g/mol. The maximum absolute atomic E-state index is 8.73. The highest BCUT2D eigenvalue weighted by Crippen LogP contribution is 2.26. The van der Waals surface area contributed by atoms with Crippen molar-refractivity contribution in [3.8, 4) is 6.07 Å². The summed E-state index contributed by atoms with van der Waals surface area (Å²) in [7, 11) is 0. The van der Waals surface area contributed by atoms with Crippen LogP contribution in [0.1, 0.15) is 19.6 Å². The van der Waals surface area contributed by atoms with E-state index in [0.717, 1.165) is 0 Å². The predicted octanol–water partition coefficient (Wildman–Crippen LogP) is 2.84. The van der Waals surface area contributed by atoms with Crippen LogP contribution in [0, 0.1) is 11.3 Å². The number of hydrogen-bond acceptors (Lipinski definition) is 2. The monoisotopic (exact) mass is 213 g/mol. The fourth-order valence-corrected chi connectivity index (χ4v) is 1.01. The molecular weight excluding hydrogens is 206 g/mol. The molecule has 0 N–H and O–H groups in total. The van der Waals surface area contributed by atoms with Crippen molar-refractivity contribution in [1.82, 2.24) is 0 Å². The minimum absolute atomic E-state index is 0.536. The Morgan fingerprint density at radius 3 is 2.55 bits per heavy atom. The fraction of sp³-hybridized carbons (Fsp3) is 0.375. The highest BCUT2D eigenvalue weighted by atomic mass is 79.9. The van der Waals surface area contributed by atoms with Crippen molar-refractivity contribution in [1.29, 1.82) is 5.26 Å². The van der Waals surface area contributed by atoms with Crippen LogP contribution in [0.5, 0.6) is 0 Å². The van der Waals surface area contributed by atoms with Crippen LogP contribution in [0.15, 0.2) is 21.2 Å². The molecule has 0 aromatic carbocycles. The molecule has 0 amide bonds. The van der Waals surface area contributed by atoms with Gasteiger partial charge in [0.1, 0.15) is 11.2 Å². The van der Waals surface area contributed by atoms with E-state index in [2.05, 4.69) is 22.0 Å². The van der Waals surface area contributed by atoms with E-state index in [-0.39, 0.29) is 0 Å². The minimum atomic E-state index is -0.536. The molecule has 0 aliphatic rings. The second-order valence-electron chi connectivity index (χ2n) is 2.84. The number of nitrogens with zero attached hydrogens (tertiary/aromatic N) is 1. The van der Waals surface area contributed by atoms with Gasteiger partial charge in [0, 0.05) is 0 Å². The first-order valence-electron chi connectivity index (χ1n) is 3.23. The highest BCUT2D eigenvalue weighted by molar-refractivity contribution is 9.10. The first-order valence-corrected chi connectivity index (χ1v) is 4.02. The summed E-state index contributed by atoms with van der Waals surface area (Å²) in [5.74, 6) is 0.687. The number of halogens is 1. The van der Waals surface area contributed by atoms with E-state index in [0.29, 0.717) is 10.4 Å². The zero-order chi connectivity index (χ0) is 8.48. The molecule has 1 aromatic heterocycles. The van der Waals surface area contributed by atoms with Gasteiger partial charge in [0.2, 0.25) is 0 Å². The van der Waals surface area contributed by atoms with E-state index < -0.39 is 5.41 Å². The maximum Gasteiger partial charge on any atom is 0.169 e. The molecule has 0 aliphatic carbocycles. The Labute approximate surface area is 73.9 Å². The van der Waals surface area contributed by atoms with Crippen LogP contribution in [0.4, 0.5) is 0 Å². The van der Waals surface area contributed by atoms with Crippen molar-refractivity contribution < 1.29 is 4.42 Å². The number of rotatable bonds is 1. The third kappa shape index (κ3) is 1.63. The van der Waals surface area contributed by atoms with E-state index in [1.807, 2.05) is 13.8 Å². The molecule has 1 rings (SSSR count). The summed E-state index contributed by atoms with van der Waals surface area (Å²) >= 11 is 3.18. The van der Waals surface area contributed by atoms with Crippen LogP contribution in [0.25, 0.3) is 0 Å². The van der Waals surface area contributed by atoms with Crippen LogP contribution < -0.4 is 0 Å². The molecule has 0 saturated heterocycles. The molecule has 0 atom stereocenters. The van der Waals surface area contributed by atoms with Crippen LogP contribution >= 0.6 is 15.9 Å². The quantitative estimate of drug-likeness (QED) is 0.720. The third-order valence-electron chi connectivity index (χ3n) is 1.47. The van der Waals surface area contributed by atoms with E-state index in [1.165, 1.54) is 0 Å². The normalized spacial score (nSPS) is 11.1. The molecule has 1 aromatic rings. The molecule has 0 aliphatic heterocycles. The van der Waals surface area contributed by atoms with Crippen LogP contribution in [-0.2, 0) is 5.41 Å². The van der Waals surface area contributed by atoms with Gasteiger partial charge in [0.15, 0.2) is 4.67 Å². The van der Waals surface area contributed by atoms with Crippen molar-refractivity contribution in [3.05, 3.63) is 22.6 Å². The third-order valence-corrected chi connectivity index (χ3v) is 1.89. The molecule has 0 unspecified atom stereocenters. The lowest BCUT2D eigenvalue weighted by molar-refractivity contribution is 0.428. The Hall–Kier alpha value is -0.750. The lowest BCUT2D eigenvalue weighted by Gasteiger charge is -2.09. The molecule has 0 radical (unpaired) electrons. The zero-order valence-corrected chi connectivity index (χ0v) is 7.97. The summed E-state index contributed by atoms with van der Waals surface area (Å²) in [6.45, 7) is 3.64. The van der Waals surface area contributed by atoms with Gasteiger partial charge in [-0.3, -0.25) is 0 Å². The van der Waals surface area contributed by atoms with Gasteiger partial charge in [0.05, 0.1) is 6.07 Å². The van der Waals surface area contributed by atoms with Gasteiger partial charge in [-0.05, 0) is 41.9 Å². The topological polar surface area (TPSA) is 36.9 Å². The molecule has 11 heavy (non-hydrogen) atoms.